The van der Waals surface area contributed by atoms with Crippen LogP contribution in [0.4, 0.5) is 0 Å². The number of amides is 2. The molecule has 1 heterocycles. The fourth-order valence-electron chi connectivity index (χ4n) is 3.20. The van der Waals surface area contributed by atoms with Crippen LogP contribution in [0, 0.1) is 5.92 Å². The van der Waals surface area contributed by atoms with Gasteiger partial charge in [-0.05, 0) is 30.5 Å². The van der Waals surface area contributed by atoms with Crippen molar-refractivity contribution < 1.29 is 19.5 Å². The Morgan fingerprint density at radius 3 is 2.46 bits per heavy atom. The Morgan fingerprint density at radius 1 is 1.07 bits per heavy atom. The highest BCUT2D eigenvalue weighted by Crippen LogP contribution is 2.24. The lowest BCUT2D eigenvalue weighted by Gasteiger charge is -2.10. The predicted molar refractivity (Wildman–Crippen MR) is 99.1 cm³/mol. The highest BCUT2D eigenvalue weighted by atomic mass is 16.4. The molecule has 9 nitrogen and oxygen atoms in total. The number of nitrogens with zero attached hydrogens (tertiary/aromatic N) is 3. The number of aliphatic carboxylic acids is 1. The molecule has 2 aromatic rings. The van der Waals surface area contributed by atoms with Crippen LogP contribution in [0.5, 0.6) is 0 Å². The number of carboxylic acids is 1. The third-order valence-electron chi connectivity index (χ3n) is 4.72. The molecule has 3 N–H and O–H groups in total. The summed E-state index contributed by atoms with van der Waals surface area (Å²) in [4.78, 5) is 34.9. The summed E-state index contributed by atoms with van der Waals surface area (Å²) < 4.78 is 1.19. The lowest BCUT2D eigenvalue weighted by molar-refractivity contribution is -0.138. The molecule has 0 bridgehead atoms. The van der Waals surface area contributed by atoms with E-state index in [1.54, 1.807) is 12.1 Å². The van der Waals surface area contributed by atoms with Crippen LogP contribution in [-0.2, 0) is 29.2 Å². The zero-order valence-electron chi connectivity index (χ0n) is 15.4. The molecule has 0 atom stereocenters. The number of carbonyl (C=O) groups excluding carboxylic acids is 2. The van der Waals surface area contributed by atoms with Gasteiger partial charge in [0.1, 0.15) is 12.2 Å². The van der Waals surface area contributed by atoms with Gasteiger partial charge in [0.2, 0.25) is 5.91 Å². The largest absolute Gasteiger partial charge is 0.480 e. The monoisotopic (exact) mass is 385 g/mol. The molecule has 1 fully saturated rings. The molecule has 9 heteroatoms. The molecule has 1 aliphatic rings. The summed E-state index contributed by atoms with van der Waals surface area (Å²) >= 11 is 0. The van der Waals surface area contributed by atoms with Gasteiger partial charge >= 0.3 is 5.97 Å². The lowest BCUT2D eigenvalue weighted by atomic mass is 10.1. The molecule has 1 aromatic heterocycles. The van der Waals surface area contributed by atoms with Gasteiger partial charge in [-0.25, -0.2) is 4.68 Å². The van der Waals surface area contributed by atoms with Crippen molar-refractivity contribution in [3.8, 4) is 0 Å². The zero-order valence-corrected chi connectivity index (χ0v) is 15.4. The van der Waals surface area contributed by atoms with E-state index in [1.807, 2.05) is 12.1 Å². The van der Waals surface area contributed by atoms with Crippen LogP contribution in [-0.4, -0.2) is 37.9 Å². The van der Waals surface area contributed by atoms with Crippen LogP contribution in [0.2, 0.25) is 0 Å². The van der Waals surface area contributed by atoms with Crippen molar-refractivity contribution in [2.45, 2.75) is 45.3 Å². The van der Waals surface area contributed by atoms with Crippen LogP contribution in [0.25, 0.3) is 0 Å². The molecular weight excluding hydrogens is 362 g/mol. The van der Waals surface area contributed by atoms with E-state index in [4.69, 9.17) is 5.11 Å². The highest BCUT2D eigenvalue weighted by Gasteiger charge is 2.22. The Balaban J connectivity index is 1.46. The average Bonchev–Trinajstić information content (AvgIpc) is 3.36. The third kappa shape index (κ3) is 5.38. The smallest absolute Gasteiger partial charge is 0.325 e. The van der Waals surface area contributed by atoms with Gasteiger partial charge in [-0.2, -0.15) is 0 Å². The molecule has 148 valence electrons. The number of rotatable bonds is 8. The molecule has 2 amide bonds. The maximum atomic E-state index is 12.2. The van der Waals surface area contributed by atoms with Crippen molar-refractivity contribution >= 4 is 17.8 Å². The normalized spacial score (nSPS) is 14.0. The number of hydrogen-bond acceptors (Lipinski definition) is 5. The first kappa shape index (κ1) is 19.5. The second-order valence-electron chi connectivity index (χ2n) is 6.88. The number of aromatic nitrogens is 3. The molecule has 0 aliphatic heterocycles. The molecule has 1 aromatic carbocycles. The maximum absolute atomic E-state index is 12.2. The summed E-state index contributed by atoms with van der Waals surface area (Å²) in [6.07, 6.45) is 5.66. The Kier molecular flexibility index (Phi) is 6.36. The van der Waals surface area contributed by atoms with Crippen LogP contribution in [0.1, 0.15) is 47.3 Å². The first-order valence-corrected chi connectivity index (χ1v) is 9.27. The molecule has 0 saturated heterocycles. The van der Waals surface area contributed by atoms with Crippen molar-refractivity contribution in [3.05, 3.63) is 47.3 Å². The van der Waals surface area contributed by atoms with E-state index in [0.29, 0.717) is 17.8 Å². The Hall–Kier alpha value is -3.23. The molecule has 0 spiro atoms. The second-order valence-corrected chi connectivity index (χ2v) is 6.88. The van der Waals surface area contributed by atoms with Crippen LogP contribution >= 0.6 is 0 Å². The average molecular weight is 385 g/mol. The van der Waals surface area contributed by atoms with Crippen molar-refractivity contribution in [1.82, 2.24) is 25.6 Å². The summed E-state index contributed by atoms with van der Waals surface area (Å²) in [6, 6.07) is 7.03. The van der Waals surface area contributed by atoms with E-state index in [2.05, 4.69) is 20.9 Å². The summed E-state index contributed by atoms with van der Waals surface area (Å²) in [6.45, 7) is 0.321. The topological polar surface area (TPSA) is 126 Å². The Labute approximate surface area is 162 Å². The molecule has 1 aliphatic carbocycles. The molecule has 3 rings (SSSR count). The predicted octanol–water partition coefficient (Wildman–Crippen LogP) is 1.10. The Bertz CT molecular complexity index is 840. The van der Waals surface area contributed by atoms with E-state index in [1.165, 1.54) is 10.9 Å². The first-order valence-electron chi connectivity index (χ1n) is 9.27. The number of benzene rings is 1. The van der Waals surface area contributed by atoms with Gasteiger partial charge in [0.05, 0.1) is 12.7 Å². The SMILES string of the molecule is O=C(O)Cn1cc(CNC(=O)c2ccc(CNC(=O)C3CCCC3)cc2)nn1. The quantitative estimate of drug-likeness (QED) is 0.625. The molecule has 28 heavy (non-hydrogen) atoms. The van der Waals surface area contributed by atoms with Crippen molar-refractivity contribution in [2.24, 2.45) is 5.92 Å². The van der Waals surface area contributed by atoms with E-state index < -0.39 is 5.97 Å². The van der Waals surface area contributed by atoms with Gasteiger partial charge in [-0.3, -0.25) is 14.4 Å². The van der Waals surface area contributed by atoms with Gasteiger partial charge in [0.25, 0.3) is 5.91 Å². The van der Waals surface area contributed by atoms with E-state index >= 15 is 0 Å². The summed E-state index contributed by atoms with van der Waals surface area (Å²) in [7, 11) is 0. The first-order chi connectivity index (χ1) is 13.5. The standard InChI is InChI=1S/C19H23N5O4/c25-17(26)12-24-11-16(22-23-24)10-21-19(28)15-7-5-13(6-8-15)9-20-18(27)14-3-1-2-4-14/h5-8,11,14H,1-4,9-10,12H2,(H,20,27)(H,21,28)(H,25,26). The minimum absolute atomic E-state index is 0.107. The highest BCUT2D eigenvalue weighted by molar-refractivity contribution is 5.94. The van der Waals surface area contributed by atoms with Gasteiger partial charge in [-0.15, -0.1) is 5.10 Å². The van der Waals surface area contributed by atoms with Crippen LogP contribution in [0.15, 0.2) is 30.5 Å². The van der Waals surface area contributed by atoms with Gasteiger partial charge in [0, 0.05) is 18.0 Å². The van der Waals surface area contributed by atoms with Crippen molar-refractivity contribution in [2.75, 3.05) is 0 Å². The van der Waals surface area contributed by atoms with Gasteiger partial charge in [-0.1, -0.05) is 30.2 Å². The number of carboxylic acid groups (broad SMARTS) is 1. The summed E-state index contributed by atoms with van der Waals surface area (Å²) in [5.41, 5.74) is 1.89. The maximum Gasteiger partial charge on any atom is 0.325 e. The second kappa shape index (κ2) is 9.12. The summed E-state index contributed by atoms with van der Waals surface area (Å²) in [5, 5.41) is 21.9. The number of hydrogen-bond donors (Lipinski definition) is 3. The molecule has 1 saturated carbocycles. The van der Waals surface area contributed by atoms with Crippen molar-refractivity contribution in [3.63, 3.8) is 0 Å². The van der Waals surface area contributed by atoms with E-state index in [9.17, 15) is 14.4 Å². The lowest BCUT2D eigenvalue weighted by Crippen LogP contribution is -2.28. The van der Waals surface area contributed by atoms with Crippen molar-refractivity contribution in [1.29, 1.82) is 0 Å². The fraction of sp³-hybridized carbons (Fsp3) is 0.421. The zero-order chi connectivity index (χ0) is 19.9. The third-order valence-corrected chi connectivity index (χ3v) is 4.72. The van der Waals surface area contributed by atoms with Gasteiger partial charge < -0.3 is 15.7 Å². The van der Waals surface area contributed by atoms with E-state index in [-0.39, 0.29) is 30.8 Å². The fourth-order valence-corrected chi connectivity index (χ4v) is 3.20. The molecule has 0 radical (unpaired) electrons. The van der Waals surface area contributed by atoms with Gasteiger partial charge in [0.15, 0.2) is 0 Å². The summed E-state index contributed by atoms with van der Waals surface area (Å²) in [5.74, 6) is -1.04. The molecule has 0 unspecified atom stereocenters. The number of carbonyl (C=O) groups is 3. The minimum atomic E-state index is -1.01. The van der Waals surface area contributed by atoms with Crippen LogP contribution in [0.3, 0.4) is 0 Å². The van der Waals surface area contributed by atoms with Crippen LogP contribution < -0.4 is 10.6 Å². The number of nitrogens with one attached hydrogen (secondary N) is 2. The van der Waals surface area contributed by atoms with E-state index in [0.717, 1.165) is 31.2 Å². The minimum Gasteiger partial charge on any atom is -0.480 e. The molecular formula is C19H23N5O4. The Morgan fingerprint density at radius 2 is 1.79 bits per heavy atom.